The van der Waals surface area contributed by atoms with Crippen molar-refractivity contribution in [2.45, 2.75) is 20.5 Å². The molecule has 154 valence electrons. The molecule has 1 aromatic carbocycles. The average Bonchev–Trinajstić information content (AvgIpc) is 3.12. The van der Waals surface area contributed by atoms with Crippen LogP contribution in [0.3, 0.4) is 0 Å². The smallest absolute Gasteiger partial charge is 0.349 e. The Morgan fingerprint density at radius 2 is 2.00 bits per heavy atom. The molecule has 30 heavy (non-hydrogen) atoms. The van der Waals surface area contributed by atoms with Crippen LogP contribution in [-0.2, 0) is 20.9 Å². The lowest BCUT2D eigenvalue weighted by Gasteiger charge is -2.06. The lowest BCUT2D eigenvalue weighted by atomic mass is 10.2. The average molecular weight is 405 g/mol. The second-order valence-corrected chi connectivity index (χ2v) is 6.46. The number of benzene rings is 1. The molecule has 0 fully saturated rings. The number of hydrogen-bond donors (Lipinski definition) is 0. The van der Waals surface area contributed by atoms with Gasteiger partial charge in [0.2, 0.25) is 5.88 Å². The van der Waals surface area contributed by atoms with Crippen molar-refractivity contribution in [3.8, 4) is 11.9 Å². The van der Waals surface area contributed by atoms with Gasteiger partial charge in [0.15, 0.2) is 0 Å². The number of pyridine rings is 1. The molecule has 0 aliphatic rings. The van der Waals surface area contributed by atoms with E-state index in [9.17, 15) is 10.1 Å². The SMILES string of the molecule is CCOCCOc1nc2c(C)cccn2c1C=C(C#N)C(=O)OCc1ccccc1. The van der Waals surface area contributed by atoms with E-state index in [1.807, 2.05) is 62.4 Å². The highest BCUT2D eigenvalue weighted by atomic mass is 16.5. The van der Waals surface area contributed by atoms with Crippen molar-refractivity contribution in [1.29, 1.82) is 5.26 Å². The van der Waals surface area contributed by atoms with Crippen LogP contribution >= 0.6 is 0 Å². The maximum absolute atomic E-state index is 12.5. The zero-order valence-corrected chi connectivity index (χ0v) is 17.0. The molecule has 2 heterocycles. The summed E-state index contributed by atoms with van der Waals surface area (Å²) in [5.74, 6) is -0.378. The molecular formula is C23H23N3O4. The van der Waals surface area contributed by atoms with E-state index in [2.05, 4.69) is 4.98 Å². The first-order valence-electron chi connectivity index (χ1n) is 9.65. The van der Waals surface area contributed by atoms with Gasteiger partial charge in [-0.15, -0.1) is 0 Å². The molecule has 7 heteroatoms. The molecule has 0 saturated heterocycles. The van der Waals surface area contributed by atoms with Gasteiger partial charge < -0.3 is 14.2 Å². The third kappa shape index (κ3) is 5.04. The van der Waals surface area contributed by atoms with Gasteiger partial charge in [0.05, 0.1) is 6.61 Å². The number of rotatable bonds is 9. The van der Waals surface area contributed by atoms with E-state index >= 15 is 0 Å². The fraction of sp³-hybridized carbons (Fsp3) is 0.261. The highest BCUT2D eigenvalue weighted by Crippen LogP contribution is 2.25. The Morgan fingerprint density at radius 3 is 2.73 bits per heavy atom. The Balaban J connectivity index is 1.88. The van der Waals surface area contributed by atoms with E-state index in [4.69, 9.17) is 14.2 Å². The van der Waals surface area contributed by atoms with Crippen molar-refractivity contribution in [1.82, 2.24) is 9.38 Å². The standard InChI is InChI=1S/C23H23N3O4/c1-3-28-12-13-29-22-20(26-11-7-8-17(2)21(26)25-22)14-19(15-24)23(27)30-16-18-9-5-4-6-10-18/h4-11,14H,3,12-13,16H2,1-2H3. The van der Waals surface area contributed by atoms with Gasteiger partial charge in [0.1, 0.15) is 36.2 Å². The summed E-state index contributed by atoms with van der Waals surface area (Å²) in [6.07, 6.45) is 3.25. The molecule has 0 atom stereocenters. The molecule has 3 rings (SSSR count). The largest absolute Gasteiger partial charge is 0.474 e. The topological polar surface area (TPSA) is 85.9 Å². The van der Waals surface area contributed by atoms with E-state index in [1.54, 1.807) is 10.6 Å². The van der Waals surface area contributed by atoms with Crippen LogP contribution in [0.2, 0.25) is 0 Å². The highest BCUT2D eigenvalue weighted by Gasteiger charge is 2.18. The molecule has 0 bridgehead atoms. The second-order valence-electron chi connectivity index (χ2n) is 6.46. The number of nitrogens with zero attached hydrogens (tertiary/aromatic N) is 3. The first-order chi connectivity index (χ1) is 14.6. The molecule has 7 nitrogen and oxygen atoms in total. The number of hydrogen-bond acceptors (Lipinski definition) is 6. The number of ether oxygens (including phenoxy) is 3. The molecule has 0 aliphatic heterocycles. The fourth-order valence-electron chi connectivity index (χ4n) is 2.86. The number of nitriles is 1. The van der Waals surface area contributed by atoms with Gasteiger partial charge in [-0.3, -0.25) is 4.40 Å². The molecule has 0 amide bonds. The van der Waals surface area contributed by atoms with Gasteiger partial charge in [-0.2, -0.15) is 10.2 Å². The Hall–Kier alpha value is -3.63. The van der Waals surface area contributed by atoms with Crippen LogP contribution in [0.25, 0.3) is 11.7 Å². The first kappa shape index (κ1) is 21.1. The monoisotopic (exact) mass is 405 g/mol. The summed E-state index contributed by atoms with van der Waals surface area (Å²) in [5.41, 5.74) is 2.83. The van der Waals surface area contributed by atoms with E-state index in [0.717, 1.165) is 11.1 Å². The molecule has 0 unspecified atom stereocenters. The van der Waals surface area contributed by atoms with Crippen LogP contribution in [0.4, 0.5) is 0 Å². The van der Waals surface area contributed by atoms with E-state index in [1.165, 1.54) is 6.08 Å². The molecule has 2 aromatic heterocycles. The number of imidazole rings is 1. The van der Waals surface area contributed by atoms with Gasteiger partial charge in [-0.25, -0.2) is 4.79 Å². The van der Waals surface area contributed by atoms with E-state index in [-0.39, 0.29) is 12.2 Å². The van der Waals surface area contributed by atoms with Crippen molar-refractivity contribution in [3.05, 3.63) is 71.1 Å². The highest BCUT2D eigenvalue weighted by molar-refractivity contribution is 5.98. The summed E-state index contributed by atoms with van der Waals surface area (Å²) in [7, 11) is 0. The Morgan fingerprint density at radius 1 is 1.20 bits per heavy atom. The van der Waals surface area contributed by atoms with Gasteiger partial charge in [0.25, 0.3) is 0 Å². The van der Waals surface area contributed by atoms with Crippen molar-refractivity contribution in [2.24, 2.45) is 0 Å². The zero-order chi connectivity index (χ0) is 21.3. The van der Waals surface area contributed by atoms with Crippen LogP contribution in [0.15, 0.2) is 54.2 Å². The third-order valence-corrected chi connectivity index (χ3v) is 4.35. The molecule has 0 aliphatic carbocycles. The Bertz CT molecular complexity index is 1080. The number of aromatic nitrogens is 2. The molecular weight excluding hydrogens is 382 g/mol. The van der Waals surface area contributed by atoms with Gasteiger partial charge in [-0.05, 0) is 37.1 Å². The van der Waals surface area contributed by atoms with Gasteiger partial charge >= 0.3 is 5.97 Å². The zero-order valence-electron chi connectivity index (χ0n) is 17.0. The number of esters is 1. The molecule has 0 spiro atoms. The first-order valence-corrected chi connectivity index (χ1v) is 9.65. The summed E-state index contributed by atoms with van der Waals surface area (Å²) in [6, 6.07) is 15.0. The normalized spacial score (nSPS) is 11.3. The molecule has 3 aromatic rings. The predicted octanol–water partition coefficient (Wildman–Crippen LogP) is 3.71. The van der Waals surface area contributed by atoms with E-state index < -0.39 is 5.97 Å². The van der Waals surface area contributed by atoms with Crippen molar-refractivity contribution in [2.75, 3.05) is 19.8 Å². The van der Waals surface area contributed by atoms with Crippen LogP contribution in [0.5, 0.6) is 5.88 Å². The van der Waals surface area contributed by atoms with Crippen LogP contribution in [-0.4, -0.2) is 35.2 Å². The van der Waals surface area contributed by atoms with Gasteiger partial charge in [-0.1, -0.05) is 36.4 Å². The summed E-state index contributed by atoms with van der Waals surface area (Å²) in [6.45, 7) is 5.23. The molecule has 0 saturated carbocycles. The lowest BCUT2D eigenvalue weighted by molar-refractivity contribution is -0.139. The number of carbonyl (C=O) groups is 1. The minimum Gasteiger partial charge on any atom is -0.474 e. The molecule has 0 radical (unpaired) electrons. The van der Waals surface area contributed by atoms with Gasteiger partial charge in [0, 0.05) is 12.8 Å². The fourth-order valence-corrected chi connectivity index (χ4v) is 2.86. The Kier molecular flexibility index (Phi) is 7.19. The lowest BCUT2D eigenvalue weighted by Crippen LogP contribution is -2.09. The number of aryl methyl sites for hydroxylation is 1. The van der Waals surface area contributed by atoms with Crippen LogP contribution < -0.4 is 4.74 Å². The summed E-state index contributed by atoms with van der Waals surface area (Å²) >= 11 is 0. The summed E-state index contributed by atoms with van der Waals surface area (Å²) < 4.78 is 18.2. The maximum atomic E-state index is 12.5. The second kappa shape index (κ2) is 10.2. The summed E-state index contributed by atoms with van der Waals surface area (Å²) in [5, 5.41) is 9.55. The number of fused-ring (bicyclic) bond motifs is 1. The van der Waals surface area contributed by atoms with Crippen molar-refractivity contribution in [3.63, 3.8) is 0 Å². The third-order valence-electron chi connectivity index (χ3n) is 4.35. The van der Waals surface area contributed by atoms with Crippen LogP contribution in [0, 0.1) is 18.3 Å². The Labute approximate surface area is 175 Å². The van der Waals surface area contributed by atoms with Crippen molar-refractivity contribution >= 4 is 17.7 Å². The minimum absolute atomic E-state index is 0.0860. The number of carbonyl (C=O) groups excluding carboxylic acids is 1. The minimum atomic E-state index is -0.704. The summed E-state index contributed by atoms with van der Waals surface area (Å²) in [4.78, 5) is 17.0. The predicted molar refractivity (Wildman–Crippen MR) is 112 cm³/mol. The quantitative estimate of drug-likeness (QED) is 0.233. The van der Waals surface area contributed by atoms with E-state index in [0.29, 0.717) is 37.0 Å². The molecule has 0 N–H and O–H groups in total. The van der Waals surface area contributed by atoms with Crippen molar-refractivity contribution < 1.29 is 19.0 Å². The maximum Gasteiger partial charge on any atom is 0.349 e. The van der Waals surface area contributed by atoms with Crippen LogP contribution in [0.1, 0.15) is 23.7 Å².